The van der Waals surface area contributed by atoms with E-state index in [2.05, 4.69) is 20.5 Å². The van der Waals surface area contributed by atoms with Crippen LogP contribution in [0.1, 0.15) is 22.7 Å². The standard InChI is InChI=1S/C22H23N5O3/c1-24(2)19(28)14-27-16-6-3-10-23-20(16)26-11-4-8-18(26)22(27)9-12-25(15-22)21(29)17-7-5-13-30-17/h3-8,10-11,13H,9,12,14-15H2,1-2H3. The van der Waals surface area contributed by atoms with Gasteiger partial charge >= 0.3 is 0 Å². The van der Waals surface area contributed by atoms with E-state index in [1.165, 1.54) is 6.26 Å². The van der Waals surface area contributed by atoms with Crippen molar-refractivity contribution in [3.63, 3.8) is 0 Å². The minimum absolute atomic E-state index is 0.00000436. The van der Waals surface area contributed by atoms with Crippen molar-refractivity contribution < 1.29 is 14.0 Å². The number of likely N-dealkylation sites (N-methyl/N-ethyl adjacent to an activating group) is 1. The highest BCUT2D eigenvalue weighted by Gasteiger charge is 2.51. The fourth-order valence-electron chi connectivity index (χ4n) is 4.56. The van der Waals surface area contributed by atoms with Crippen LogP contribution in [0.4, 0.5) is 5.69 Å². The molecule has 3 aromatic rings. The SMILES string of the molecule is CN(C)C(=O)CN1c2cccnc2-n2cccc2C12CCN(C(=O)c1ccco1)C2. The number of amides is 2. The van der Waals surface area contributed by atoms with E-state index in [0.29, 0.717) is 25.3 Å². The Morgan fingerprint density at radius 2 is 2.07 bits per heavy atom. The topological polar surface area (TPSA) is 74.8 Å². The van der Waals surface area contributed by atoms with Crippen LogP contribution < -0.4 is 4.90 Å². The maximum Gasteiger partial charge on any atom is 0.289 e. The van der Waals surface area contributed by atoms with Gasteiger partial charge in [0.1, 0.15) is 5.54 Å². The Labute approximate surface area is 174 Å². The Morgan fingerprint density at radius 3 is 2.83 bits per heavy atom. The molecule has 8 heteroatoms. The lowest BCUT2D eigenvalue weighted by molar-refractivity contribution is -0.127. The Hall–Kier alpha value is -3.55. The Kier molecular flexibility index (Phi) is 4.16. The number of nitrogens with zero attached hydrogens (tertiary/aromatic N) is 5. The van der Waals surface area contributed by atoms with Gasteiger partial charge in [-0.1, -0.05) is 0 Å². The number of rotatable bonds is 3. The third kappa shape index (κ3) is 2.63. The van der Waals surface area contributed by atoms with Gasteiger partial charge in [-0.3, -0.25) is 9.59 Å². The van der Waals surface area contributed by atoms with Crippen molar-refractivity contribution in [2.45, 2.75) is 12.0 Å². The molecular weight excluding hydrogens is 382 g/mol. The van der Waals surface area contributed by atoms with Crippen molar-refractivity contribution in [1.82, 2.24) is 19.4 Å². The summed E-state index contributed by atoms with van der Waals surface area (Å²) >= 11 is 0. The summed E-state index contributed by atoms with van der Waals surface area (Å²) in [6.45, 7) is 1.25. The Bertz CT molecular complexity index is 1100. The van der Waals surface area contributed by atoms with Crippen LogP contribution >= 0.6 is 0 Å². The monoisotopic (exact) mass is 405 g/mol. The molecule has 1 unspecified atom stereocenters. The molecule has 0 aliphatic carbocycles. The summed E-state index contributed by atoms with van der Waals surface area (Å²) < 4.78 is 7.41. The minimum Gasteiger partial charge on any atom is -0.459 e. The molecule has 5 heterocycles. The van der Waals surface area contributed by atoms with Gasteiger partial charge in [-0.05, 0) is 42.8 Å². The third-order valence-corrected chi connectivity index (χ3v) is 6.09. The number of aromatic nitrogens is 2. The lowest BCUT2D eigenvalue weighted by Gasteiger charge is -2.46. The number of hydrogen-bond acceptors (Lipinski definition) is 5. The Balaban J connectivity index is 1.60. The van der Waals surface area contributed by atoms with Gasteiger partial charge < -0.3 is 23.7 Å². The van der Waals surface area contributed by atoms with E-state index in [9.17, 15) is 9.59 Å². The van der Waals surface area contributed by atoms with Crippen molar-refractivity contribution in [1.29, 1.82) is 0 Å². The number of carbonyl (C=O) groups excluding carboxylic acids is 2. The summed E-state index contributed by atoms with van der Waals surface area (Å²) in [5.41, 5.74) is 1.41. The molecule has 0 radical (unpaired) electrons. The van der Waals surface area contributed by atoms with Crippen molar-refractivity contribution >= 4 is 17.5 Å². The van der Waals surface area contributed by atoms with Crippen molar-refractivity contribution in [2.24, 2.45) is 0 Å². The molecule has 2 amide bonds. The van der Waals surface area contributed by atoms with Crippen LogP contribution in [0.3, 0.4) is 0 Å². The van der Waals surface area contributed by atoms with Crippen LogP contribution in [-0.2, 0) is 10.3 Å². The first-order chi connectivity index (χ1) is 14.5. The van der Waals surface area contributed by atoms with Crippen molar-refractivity contribution in [2.75, 3.05) is 38.6 Å². The van der Waals surface area contributed by atoms with Crippen molar-refractivity contribution in [3.8, 4) is 5.82 Å². The van der Waals surface area contributed by atoms with E-state index in [0.717, 1.165) is 17.2 Å². The molecule has 1 fully saturated rings. The van der Waals surface area contributed by atoms with Gasteiger partial charge in [0.25, 0.3) is 5.91 Å². The predicted molar refractivity (Wildman–Crippen MR) is 111 cm³/mol. The van der Waals surface area contributed by atoms with Gasteiger partial charge in [0.15, 0.2) is 11.6 Å². The van der Waals surface area contributed by atoms with Gasteiger partial charge in [0.05, 0.1) is 30.7 Å². The minimum atomic E-state index is -0.520. The molecule has 1 spiro atoms. The molecule has 0 N–H and O–H groups in total. The van der Waals surface area contributed by atoms with Gasteiger partial charge in [-0.25, -0.2) is 4.98 Å². The van der Waals surface area contributed by atoms with Crippen LogP contribution in [0.25, 0.3) is 5.82 Å². The van der Waals surface area contributed by atoms with Gasteiger partial charge in [-0.15, -0.1) is 0 Å². The van der Waals surface area contributed by atoms with Gasteiger partial charge in [0.2, 0.25) is 5.91 Å². The first-order valence-corrected chi connectivity index (χ1v) is 9.95. The average molecular weight is 405 g/mol. The fraction of sp³-hybridized carbons (Fsp3) is 0.318. The predicted octanol–water partition coefficient (Wildman–Crippen LogP) is 2.11. The van der Waals surface area contributed by atoms with E-state index in [1.54, 1.807) is 37.3 Å². The van der Waals surface area contributed by atoms with Crippen LogP contribution in [0.5, 0.6) is 0 Å². The molecule has 0 saturated carbocycles. The third-order valence-electron chi connectivity index (χ3n) is 6.09. The molecule has 0 bridgehead atoms. The van der Waals surface area contributed by atoms with Crippen LogP contribution in [0, 0.1) is 0 Å². The summed E-state index contributed by atoms with van der Waals surface area (Å²) in [5, 5.41) is 0. The zero-order chi connectivity index (χ0) is 20.9. The lowest BCUT2D eigenvalue weighted by Crippen LogP contribution is -2.55. The first-order valence-electron chi connectivity index (χ1n) is 9.95. The number of hydrogen-bond donors (Lipinski definition) is 0. The molecule has 3 aromatic heterocycles. The number of carbonyl (C=O) groups is 2. The van der Waals surface area contributed by atoms with Gasteiger partial charge in [0, 0.05) is 33.0 Å². The number of anilines is 1. The quantitative estimate of drug-likeness (QED) is 0.667. The molecule has 0 aromatic carbocycles. The van der Waals surface area contributed by atoms with E-state index in [1.807, 2.05) is 29.3 Å². The van der Waals surface area contributed by atoms with Crippen LogP contribution in [-0.4, -0.2) is 64.9 Å². The number of likely N-dealkylation sites (tertiary alicyclic amines) is 1. The maximum atomic E-state index is 13.0. The second-order valence-corrected chi connectivity index (χ2v) is 7.97. The lowest BCUT2D eigenvalue weighted by atomic mass is 9.88. The Morgan fingerprint density at radius 1 is 1.20 bits per heavy atom. The zero-order valence-corrected chi connectivity index (χ0v) is 17.0. The molecule has 5 rings (SSSR count). The second-order valence-electron chi connectivity index (χ2n) is 7.97. The summed E-state index contributed by atoms with van der Waals surface area (Å²) in [6, 6.07) is 11.3. The molecule has 2 aliphatic heterocycles. The van der Waals surface area contributed by atoms with Gasteiger partial charge in [-0.2, -0.15) is 0 Å². The summed E-state index contributed by atoms with van der Waals surface area (Å²) in [6.07, 6.45) is 5.96. The second kappa shape index (κ2) is 6.76. The van der Waals surface area contributed by atoms with E-state index >= 15 is 0 Å². The molecule has 30 heavy (non-hydrogen) atoms. The van der Waals surface area contributed by atoms with E-state index in [-0.39, 0.29) is 18.4 Å². The first kappa shape index (κ1) is 18.5. The average Bonchev–Trinajstić information content (AvgIpc) is 3.51. The van der Waals surface area contributed by atoms with Crippen LogP contribution in [0.15, 0.2) is 59.5 Å². The molecule has 8 nitrogen and oxygen atoms in total. The normalized spacial score (nSPS) is 19.7. The smallest absolute Gasteiger partial charge is 0.289 e. The molecule has 2 aliphatic rings. The molecule has 1 saturated heterocycles. The van der Waals surface area contributed by atoms with Crippen LogP contribution in [0.2, 0.25) is 0 Å². The molecule has 154 valence electrons. The van der Waals surface area contributed by atoms with E-state index in [4.69, 9.17) is 4.42 Å². The zero-order valence-electron chi connectivity index (χ0n) is 17.0. The highest BCUT2D eigenvalue weighted by atomic mass is 16.3. The summed E-state index contributed by atoms with van der Waals surface area (Å²) in [4.78, 5) is 35.9. The highest BCUT2D eigenvalue weighted by Crippen LogP contribution is 2.47. The number of furan rings is 1. The van der Waals surface area contributed by atoms with Crippen molar-refractivity contribution in [3.05, 3.63) is 66.5 Å². The molecule has 1 atom stereocenters. The maximum absolute atomic E-state index is 13.0. The summed E-state index contributed by atoms with van der Waals surface area (Å²) in [5.74, 6) is 0.993. The number of fused-ring (bicyclic) bond motifs is 4. The van der Waals surface area contributed by atoms with E-state index < -0.39 is 5.54 Å². The highest BCUT2D eigenvalue weighted by molar-refractivity contribution is 5.92. The largest absolute Gasteiger partial charge is 0.459 e. The summed E-state index contributed by atoms with van der Waals surface area (Å²) in [7, 11) is 3.51. The number of pyridine rings is 1. The molecular formula is C22H23N5O3. The fourth-order valence-corrected chi connectivity index (χ4v) is 4.56.